The zero-order chi connectivity index (χ0) is 19.9. The first-order chi connectivity index (χ1) is 13.6. The molecule has 3 rings (SSSR count). The van der Waals surface area contributed by atoms with Crippen LogP contribution in [0.3, 0.4) is 0 Å². The molecule has 0 saturated heterocycles. The van der Waals surface area contributed by atoms with Gasteiger partial charge < -0.3 is 23.8 Å². The second-order valence-electron chi connectivity index (χ2n) is 6.47. The van der Waals surface area contributed by atoms with Crippen LogP contribution in [0, 0.1) is 0 Å². The fourth-order valence-electron chi connectivity index (χ4n) is 2.91. The Morgan fingerprint density at radius 2 is 2.00 bits per heavy atom. The van der Waals surface area contributed by atoms with Crippen molar-refractivity contribution in [3.8, 4) is 23.0 Å². The Kier molecular flexibility index (Phi) is 6.42. The molecule has 2 aromatic rings. The van der Waals surface area contributed by atoms with Crippen LogP contribution in [0.25, 0.3) is 6.08 Å². The number of carbonyl (C=O) groups is 1. The molecule has 0 spiro atoms. The number of nitrogens with zero attached hydrogens (tertiary/aromatic N) is 1. The molecule has 1 amide bonds. The molecule has 0 aromatic heterocycles. The van der Waals surface area contributed by atoms with Gasteiger partial charge in [-0.15, -0.1) is 0 Å². The molecule has 1 heterocycles. The predicted octanol–water partition coefficient (Wildman–Crippen LogP) is 3.41. The van der Waals surface area contributed by atoms with E-state index >= 15 is 0 Å². The molecule has 148 valence electrons. The van der Waals surface area contributed by atoms with Gasteiger partial charge in [0, 0.05) is 7.05 Å². The first kappa shape index (κ1) is 19.6. The number of carbonyl (C=O) groups excluding carboxylic acids is 1. The van der Waals surface area contributed by atoms with Crippen molar-refractivity contribution in [3.05, 3.63) is 54.1 Å². The third-order valence-corrected chi connectivity index (χ3v) is 4.37. The van der Waals surface area contributed by atoms with Crippen LogP contribution >= 0.6 is 0 Å². The van der Waals surface area contributed by atoms with E-state index in [9.17, 15) is 4.79 Å². The molecule has 1 atom stereocenters. The van der Waals surface area contributed by atoms with Crippen LogP contribution in [0.2, 0.25) is 0 Å². The molecule has 1 unspecified atom stereocenters. The lowest BCUT2D eigenvalue weighted by molar-refractivity contribution is -0.133. The fourth-order valence-corrected chi connectivity index (χ4v) is 2.91. The summed E-state index contributed by atoms with van der Waals surface area (Å²) in [5.74, 6) is 2.39. The largest absolute Gasteiger partial charge is 0.493 e. The summed E-state index contributed by atoms with van der Waals surface area (Å²) in [7, 11) is 3.30. The van der Waals surface area contributed by atoms with E-state index in [0.717, 1.165) is 11.3 Å². The SMILES string of the molecule is C/C=C/c1ccc(OCC(=O)N(C)CC2COc3ccccc3O2)c(OC)c1. The Morgan fingerprint density at radius 3 is 2.75 bits per heavy atom. The van der Waals surface area contributed by atoms with Gasteiger partial charge >= 0.3 is 0 Å². The predicted molar refractivity (Wildman–Crippen MR) is 107 cm³/mol. The topological polar surface area (TPSA) is 57.2 Å². The lowest BCUT2D eigenvalue weighted by Crippen LogP contribution is -2.43. The first-order valence-electron chi connectivity index (χ1n) is 9.16. The van der Waals surface area contributed by atoms with Gasteiger partial charge in [0.15, 0.2) is 35.7 Å². The molecule has 0 aliphatic carbocycles. The number of fused-ring (bicyclic) bond motifs is 1. The van der Waals surface area contributed by atoms with Crippen LogP contribution in [0.15, 0.2) is 48.5 Å². The normalized spacial score (nSPS) is 15.3. The average Bonchev–Trinajstić information content (AvgIpc) is 2.72. The van der Waals surface area contributed by atoms with Crippen molar-refractivity contribution in [2.45, 2.75) is 13.0 Å². The standard InChI is InChI=1S/C22H25NO5/c1-4-7-16-10-11-19(21(12-16)25-3)27-15-22(24)23(2)13-17-14-26-18-8-5-6-9-20(18)28-17/h4-12,17H,13-15H2,1-3H3/b7-4+. The number of hydrogen-bond donors (Lipinski definition) is 0. The van der Waals surface area contributed by atoms with Crippen LogP contribution in [0.5, 0.6) is 23.0 Å². The summed E-state index contributed by atoms with van der Waals surface area (Å²) in [6, 6.07) is 13.1. The summed E-state index contributed by atoms with van der Waals surface area (Å²) >= 11 is 0. The van der Waals surface area contributed by atoms with Crippen molar-refractivity contribution in [1.29, 1.82) is 0 Å². The second kappa shape index (κ2) is 9.17. The number of ether oxygens (including phenoxy) is 4. The molecule has 0 N–H and O–H groups in total. The zero-order valence-electron chi connectivity index (χ0n) is 16.4. The van der Waals surface area contributed by atoms with E-state index in [1.807, 2.05) is 55.5 Å². The van der Waals surface area contributed by atoms with E-state index in [4.69, 9.17) is 18.9 Å². The van der Waals surface area contributed by atoms with Crippen LogP contribution in [-0.2, 0) is 4.79 Å². The van der Waals surface area contributed by atoms with Gasteiger partial charge in [-0.2, -0.15) is 0 Å². The number of rotatable bonds is 7. The molecule has 6 nitrogen and oxygen atoms in total. The molecule has 0 saturated carbocycles. The zero-order valence-corrected chi connectivity index (χ0v) is 16.4. The maximum atomic E-state index is 12.5. The maximum absolute atomic E-state index is 12.5. The summed E-state index contributed by atoms with van der Waals surface area (Å²) in [5, 5.41) is 0. The minimum atomic E-state index is -0.224. The number of para-hydroxylation sites is 2. The summed E-state index contributed by atoms with van der Waals surface area (Å²) in [5.41, 5.74) is 1.00. The van der Waals surface area contributed by atoms with Gasteiger partial charge in [-0.05, 0) is 36.8 Å². The fraction of sp³-hybridized carbons (Fsp3) is 0.318. The van der Waals surface area contributed by atoms with Gasteiger partial charge in [0.25, 0.3) is 5.91 Å². The van der Waals surface area contributed by atoms with Crippen LogP contribution in [0.4, 0.5) is 0 Å². The minimum Gasteiger partial charge on any atom is -0.493 e. The molecule has 2 aromatic carbocycles. The van der Waals surface area contributed by atoms with Crippen molar-refractivity contribution < 1.29 is 23.7 Å². The van der Waals surface area contributed by atoms with Crippen molar-refractivity contribution in [2.75, 3.05) is 33.9 Å². The molecule has 1 aliphatic rings. The molecule has 0 fully saturated rings. The number of allylic oxidation sites excluding steroid dienone is 1. The molecular formula is C22H25NO5. The Labute approximate surface area is 165 Å². The number of methoxy groups -OCH3 is 1. The summed E-state index contributed by atoms with van der Waals surface area (Å²) < 4.78 is 22.6. The van der Waals surface area contributed by atoms with E-state index in [1.165, 1.54) is 0 Å². The monoisotopic (exact) mass is 383 g/mol. The van der Waals surface area contributed by atoms with E-state index in [-0.39, 0.29) is 18.6 Å². The maximum Gasteiger partial charge on any atom is 0.260 e. The van der Waals surface area contributed by atoms with Crippen molar-refractivity contribution in [3.63, 3.8) is 0 Å². The van der Waals surface area contributed by atoms with E-state index in [0.29, 0.717) is 30.4 Å². The lowest BCUT2D eigenvalue weighted by atomic mass is 10.2. The van der Waals surface area contributed by atoms with Crippen molar-refractivity contribution >= 4 is 12.0 Å². The number of hydrogen-bond acceptors (Lipinski definition) is 5. The van der Waals surface area contributed by atoms with Crippen LogP contribution in [-0.4, -0.2) is 50.8 Å². The van der Waals surface area contributed by atoms with Crippen molar-refractivity contribution in [2.24, 2.45) is 0 Å². The van der Waals surface area contributed by atoms with E-state index in [1.54, 1.807) is 25.1 Å². The van der Waals surface area contributed by atoms with Crippen LogP contribution in [0.1, 0.15) is 12.5 Å². The summed E-state index contributed by atoms with van der Waals surface area (Å²) in [6.45, 7) is 2.68. The molecule has 0 bridgehead atoms. The number of amides is 1. The second-order valence-corrected chi connectivity index (χ2v) is 6.47. The van der Waals surface area contributed by atoms with Gasteiger partial charge in [-0.3, -0.25) is 4.79 Å². The molecular weight excluding hydrogens is 358 g/mol. The quantitative estimate of drug-likeness (QED) is 0.733. The highest BCUT2D eigenvalue weighted by Gasteiger charge is 2.24. The third-order valence-electron chi connectivity index (χ3n) is 4.37. The summed E-state index contributed by atoms with van der Waals surface area (Å²) in [4.78, 5) is 14.0. The van der Waals surface area contributed by atoms with Gasteiger partial charge in [0.1, 0.15) is 6.61 Å². The van der Waals surface area contributed by atoms with Crippen molar-refractivity contribution in [1.82, 2.24) is 4.90 Å². The highest BCUT2D eigenvalue weighted by molar-refractivity contribution is 5.77. The van der Waals surface area contributed by atoms with Gasteiger partial charge in [0.2, 0.25) is 0 Å². The minimum absolute atomic E-state index is 0.0833. The first-order valence-corrected chi connectivity index (χ1v) is 9.16. The van der Waals surface area contributed by atoms with Gasteiger partial charge in [0.05, 0.1) is 13.7 Å². The Bertz CT molecular complexity index is 849. The molecule has 0 radical (unpaired) electrons. The smallest absolute Gasteiger partial charge is 0.260 e. The highest BCUT2D eigenvalue weighted by Crippen LogP contribution is 2.31. The Balaban J connectivity index is 1.54. The Morgan fingerprint density at radius 1 is 1.21 bits per heavy atom. The number of likely N-dealkylation sites (N-methyl/N-ethyl adjacent to an activating group) is 1. The average molecular weight is 383 g/mol. The molecule has 6 heteroatoms. The lowest BCUT2D eigenvalue weighted by Gasteiger charge is -2.29. The van der Waals surface area contributed by atoms with E-state index < -0.39 is 0 Å². The summed E-state index contributed by atoms with van der Waals surface area (Å²) in [6.07, 6.45) is 3.69. The van der Waals surface area contributed by atoms with Gasteiger partial charge in [-0.1, -0.05) is 30.4 Å². The van der Waals surface area contributed by atoms with Gasteiger partial charge in [-0.25, -0.2) is 0 Å². The van der Waals surface area contributed by atoms with E-state index in [2.05, 4.69) is 0 Å². The van der Waals surface area contributed by atoms with Crippen LogP contribution < -0.4 is 18.9 Å². The third kappa shape index (κ3) is 4.76. The molecule has 1 aliphatic heterocycles. The Hall–Kier alpha value is -3.15. The molecule has 28 heavy (non-hydrogen) atoms. The highest BCUT2D eigenvalue weighted by atomic mass is 16.6. The number of benzene rings is 2.